The van der Waals surface area contributed by atoms with Gasteiger partial charge in [-0.15, -0.1) is 0 Å². The second-order valence-corrected chi connectivity index (χ2v) is 4.74. The molecule has 108 valence electrons. The Bertz CT molecular complexity index is 734. The van der Waals surface area contributed by atoms with Crippen LogP contribution in [0.15, 0.2) is 54.7 Å². The molecule has 1 aromatic heterocycles. The number of ether oxygens (including phenoxy) is 2. The van der Waals surface area contributed by atoms with Gasteiger partial charge in [0.2, 0.25) is 0 Å². The van der Waals surface area contributed by atoms with E-state index >= 15 is 0 Å². The lowest BCUT2D eigenvalue weighted by Crippen LogP contribution is -2.07. The zero-order valence-electron chi connectivity index (χ0n) is 11.8. The molecule has 0 aliphatic rings. The number of nitrogens with zero attached hydrogens (tertiary/aromatic N) is 1. The Kier molecular flexibility index (Phi) is 3.77. The van der Waals surface area contributed by atoms with Crippen LogP contribution in [-0.2, 0) is 6.54 Å². The highest BCUT2D eigenvalue weighted by Gasteiger charge is 2.02. The van der Waals surface area contributed by atoms with E-state index < -0.39 is 0 Å². The lowest BCUT2D eigenvalue weighted by Gasteiger charge is -2.09. The number of methoxy groups -OCH3 is 1. The van der Waals surface area contributed by atoms with Crippen LogP contribution in [0.1, 0.15) is 0 Å². The Morgan fingerprint density at radius 3 is 2.52 bits per heavy atom. The molecule has 3 rings (SSSR count). The summed E-state index contributed by atoms with van der Waals surface area (Å²) >= 11 is 0. The molecule has 2 aromatic carbocycles. The monoisotopic (exact) mass is 285 g/mol. The van der Waals surface area contributed by atoms with Crippen LogP contribution in [0.3, 0.4) is 0 Å². The Labute approximate surface area is 122 Å². The second kappa shape index (κ2) is 5.87. The summed E-state index contributed by atoms with van der Waals surface area (Å²) < 4.78 is 26.0. The van der Waals surface area contributed by atoms with Crippen molar-refractivity contribution in [3.05, 3.63) is 60.5 Å². The minimum absolute atomic E-state index is 0.213. The lowest BCUT2D eigenvalue weighted by atomic mass is 10.2. The Hall–Kier alpha value is -2.49. The van der Waals surface area contributed by atoms with Crippen LogP contribution in [0, 0.1) is 5.82 Å². The molecule has 0 bridgehead atoms. The quantitative estimate of drug-likeness (QED) is 0.710. The van der Waals surface area contributed by atoms with Gasteiger partial charge in [-0.3, -0.25) is 0 Å². The predicted molar refractivity (Wildman–Crippen MR) is 80.4 cm³/mol. The maximum atomic E-state index is 13.1. The summed E-state index contributed by atoms with van der Waals surface area (Å²) in [6.07, 6.45) is 1.95. The van der Waals surface area contributed by atoms with E-state index in [0.29, 0.717) is 13.2 Å². The van der Waals surface area contributed by atoms with Gasteiger partial charge in [0.15, 0.2) is 0 Å². The van der Waals surface area contributed by atoms with Gasteiger partial charge in [-0.25, -0.2) is 4.39 Å². The fraction of sp³-hybridized carbons (Fsp3) is 0.176. The average molecular weight is 285 g/mol. The molecule has 0 fully saturated rings. The molecule has 0 saturated heterocycles. The molecule has 0 aliphatic carbocycles. The fourth-order valence-electron chi connectivity index (χ4n) is 2.30. The van der Waals surface area contributed by atoms with E-state index in [1.165, 1.54) is 12.1 Å². The van der Waals surface area contributed by atoms with Crippen LogP contribution in [0.2, 0.25) is 0 Å². The third-order valence-electron chi connectivity index (χ3n) is 3.39. The summed E-state index contributed by atoms with van der Waals surface area (Å²) in [7, 11) is 1.63. The first-order valence-corrected chi connectivity index (χ1v) is 6.77. The van der Waals surface area contributed by atoms with Crippen molar-refractivity contribution in [2.75, 3.05) is 13.7 Å². The number of hydrogen-bond acceptors (Lipinski definition) is 2. The first kappa shape index (κ1) is 13.5. The van der Waals surface area contributed by atoms with Gasteiger partial charge in [-0.2, -0.15) is 0 Å². The highest BCUT2D eigenvalue weighted by atomic mass is 19.1. The molecule has 0 atom stereocenters. The largest absolute Gasteiger partial charge is 0.497 e. The maximum Gasteiger partial charge on any atom is 0.123 e. The van der Waals surface area contributed by atoms with Gasteiger partial charge in [-0.1, -0.05) is 0 Å². The molecular weight excluding hydrogens is 269 g/mol. The van der Waals surface area contributed by atoms with Crippen molar-refractivity contribution in [2.45, 2.75) is 6.54 Å². The second-order valence-electron chi connectivity index (χ2n) is 4.74. The summed E-state index contributed by atoms with van der Waals surface area (Å²) in [4.78, 5) is 0. The van der Waals surface area contributed by atoms with E-state index in [1.54, 1.807) is 13.2 Å². The normalized spacial score (nSPS) is 10.8. The molecule has 0 unspecified atom stereocenters. The Morgan fingerprint density at radius 2 is 1.76 bits per heavy atom. The van der Waals surface area contributed by atoms with Gasteiger partial charge in [0.05, 0.1) is 13.7 Å². The van der Waals surface area contributed by atoms with Crippen LogP contribution in [0.25, 0.3) is 10.9 Å². The molecule has 0 radical (unpaired) electrons. The Morgan fingerprint density at radius 1 is 1.00 bits per heavy atom. The average Bonchev–Trinajstić information content (AvgIpc) is 2.90. The van der Waals surface area contributed by atoms with E-state index in [0.717, 1.165) is 22.4 Å². The topological polar surface area (TPSA) is 23.4 Å². The minimum atomic E-state index is -0.213. The number of hydrogen-bond donors (Lipinski definition) is 0. The van der Waals surface area contributed by atoms with E-state index in [2.05, 4.69) is 4.57 Å². The van der Waals surface area contributed by atoms with E-state index in [9.17, 15) is 4.39 Å². The molecular formula is C17H16FNO2. The molecule has 0 N–H and O–H groups in total. The fourth-order valence-corrected chi connectivity index (χ4v) is 2.30. The summed E-state index contributed by atoms with van der Waals surface area (Å²) in [6, 6.07) is 14.2. The highest BCUT2D eigenvalue weighted by molar-refractivity contribution is 5.80. The first-order valence-electron chi connectivity index (χ1n) is 6.77. The predicted octanol–water partition coefficient (Wildman–Crippen LogP) is 3.87. The van der Waals surface area contributed by atoms with Gasteiger partial charge in [-0.05, 0) is 48.5 Å². The minimum Gasteiger partial charge on any atom is -0.497 e. The zero-order valence-corrected chi connectivity index (χ0v) is 11.8. The Balaban J connectivity index is 1.63. The van der Waals surface area contributed by atoms with Gasteiger partial charge < -0.3 is 14.0 Å². The highest BCUT2D eigenvalue weighted by Crippen LogP contribution is 2.19. The molecule has 0 saturated carbocycles. The van der Waals surface area contributed by atoms with Crippen LogP contribution in [-0.4, -0.2) is 18.3 Å². The SMILES string of the molecule is COc1ccc(OCCn2ccc3cc(F)ccc32)cc1. The van der Waals surface area contributed by atoms with Crippen molar-refractivity contribution in [3.8, 4) is 11.5 Å². The van der Waals surface area contributed by atoms with E-state index in [4.69, 9.17) is 9.47 Å². The number of rotatable bonds is 5. The third kappa shape index (κ3) is 2.99. The van der Waals surface area contributed by atoms with Gasteiger partial charge in [0.1, 0.15) is 23.9 Å². The summed E-state index contributed by atoms with van der Waals surface area (Å²) in [5.41, 5.74) is 1.01. The van der Waals surface area contributed by atoms with Gasteiger partial charge in [0.25, 0.3) is 0 Å². The summed E-state index contributed by atoms with van der Waals surface area (Å²) in [6.45, 7) is 1.26. The van der Waals surface area contributed by atoms with Crippen LogP contribution in [0.5, 0.6) is 11.5 Å². The standard InChI is InChI=1S/C17H16FNO2/c1-20-15-3-5-16(6-4-15)21-11-10-19-9-8-13-12-14(18)2-7-17(13)19/h2-9,12H,10-11H2,1H3. The number of halogens is 1. The van der Waals surface area contributed by atoms with Gasteiger partial charge >= 0.3 is 0 Å². The van der Waals surface area contributed by atoms with Gasteiger partial charge in [0, 0.05) is 17.1 Å². The van der Waals surface area contributed by atoms with Crippen LogP contribution in [0.4, 0.5) is 4.39 Å². The van der Waals surface area contributed by atoms with Crippen LogP contribution >= 0.6 is 0 Å². The van der Waals surface area contributed by atoms with Crippen molar-refractivity contribution in [3.63, 3.8) is 0 Å². The molecule has 3 nitrogen and oxygen atoms in total. The molecule has 21 heavy (non-hydrogen) atoms. The maximum absolute atomic E-state index is 13.1. The molecule has 0 spiro atoms. The van der Waals surface area contributed by atoms with Crippen molar-refractivity contribution in [2.24, 2.45) is 0 Å². The van der Waals surface area contributed by atoms with E-state index in [-0.39, 0.29) is 5.82 Å². The lowest BCUT2D eigenvalue weighted by molar-refractivity contribution is 0.300. The summed E-state index contributed by atoms with van der Waals surface area (Å²) in [5, 5.41) is 0.902. The smallest absolute Gasteiger partial charge is 0.123 e. The summed E-state index contributed by atoms with van der Waals surface area (Å²) in [5.74, 6) is 1.40. The molecule has 3 aromatic rings. The molecule has 0 aliphatic heterocycles. The van der Waals surface area contributed by atoms with Crippen LogP contribution < -0.4 is 9.47 Å². The number of fused-ring (bicyclic) bond motifs is 1. The van der Waals surface area contributed by atoms with Crippen molar-refractivity contribution < 1.29 is 13.9 Å². The number of benzene rings is 2. The molecule has 1 heterocycles. The first-order chi connectivity index (χ1) is 10.3. The number of aromatic nitrogens is 1. The molecule has 0 amide bonds. The molecule has 4 heteroatoms. The third-order valence-corrected chi connectivity index (χ3v) is 3.39. The van der Waals surface area contributed by atoms with Crippen molar-refractivity contribution in [1.82, 2.24) is 4.57 Å². The van der Waals surface area contributed by atoms with Crippen molar-refractivity contribution in [1.29, 1.82) is 0 Å². The zero-order chi connectivity index (χ0) is 14.7. The van der Waals surface area contributed by atoms with Crippen molar-refractivity contribution >= 4 is 10.9 Å². The van der Waals surface area contributed by atoms with E-state index in [1.807, 2.05) is 36.5 Å².